The Labute approximate surface area is 182 Å². The number of rotatable bonds is 5. The first-order chi connectivity index (χ1) is 15.0. The van der Waals surface area contributed by atoms with E-state index in [0.717, 1.165) is 42.3 Å². The van der Waals surface area contributed by atoms with Crippen molar-refractivity contribution in [3.05, 3.63) is 65.2 Å². The smallest absolute Gasteiger partial charge is 0.244 e. The topological polar surface area (TPSA) is 54.3 Å². The number of nitrogens with zero attached hydrogens (tertiary/aromatic N) is 5. The highest BCUT2D eigenvalue weighted by atomic mass is 19.1. The molecule has 7 heteroatoms. The van der Waals surface area contributed by atoms with Crippen LogP contribution >= 0.6 is 0 Å². The minimum atomic E-state index is -0.182. The number of amides is 1. The number of halogens is 1. The molecule has 0 bridgehead atoms. The zero-order chi connectivity index (χ0) is 22.0. The van der Waals surface area contributed by atoms with Crippen LogP contribution in [0.5, 0.6) is 0 Å². The van der Waals surface area contributed by atoms with Gasteiger partial charge in [0.15, 0.2) is 0 Å². The van der Waals surface area contributed by atoms with Crippen LogP contribution in [0.15, 0.2) is 42.6 Å². The fourth-order valence-electron chi connectivity index (χ4n) is 4.07. The molecule has 4 rings (SSSR count). The molecular formula is C24H28FN5O. The Hall–Kier alpha value is -3.22. The third-order valence-corrected chi connectivity index (χ3v) is 5.85. The number of aryl methyl sites for hydroxylation is 3. The first-order valence-electron chi connectivity index (χ1n) is 10.7. The standard InChI is InChI=1S/C24H28FN5O/c1-4-20-15-21(19-13-17(2)24(25)18(3)14-19)27-30(20)16-23(31)29-11-9-28(10-12-29)22-7-5-6-8-26-22/h5-8,13-15H,4,9-12,16H2,1-3H3. The van der Waals surface area contributed by atoms with Crippen molar-refractivity contribution < 1.29 is 9.18 Å². The van der Waals surface area contributed by atoms with Crippen LogP contribution in [0, 0.1) is 19.7 Å². The quantitative estimate of drug-likeness (QED) is 0.632. The highest BCUT2D eigenvalue weighted by molar-refractivity contribution is 5.76. The van der Waals surface area contributed by atoms with Crippen molar-refractivity contribution in [2.45, 2.75) is 33.7 Å². The molecule has 0 atom stereocenters. The summed E-state index contributed by atoms with van der Waals surface area (Å²) >= 11 is 0. The highest BCUT2D eigenvalue weighted by Crippen LogP contribution is 2.25. The number of carbonyl (C=O) groups excluding carboxylic acids is 1. The number of carbonyl (C=O) groups is 1. The minimum absolute atomic E-state index is 0.0662. The number of anilines is 1. The normalized spacial score (nSPS) is 14.2. The molecule has 0 radical (unpaired) electrons. The summed E-state index contributed by atoms with van der Waals surface area (Å²) < 4.78 is 15.8. The van der Waals surface area contributed by atoms with Gasteiger partial charge in [-0.25, -0.2) is 9.37 Å². The van der Waals surface area contributed by atoms with Crippen LogP contribution in [0.4, 0.5) is 10.2 Å². The molecule has 1 saturated heterocycles. The second-order valence-electron chi connectivity index (χ2n) is 8.01. The molecule has 6 nitrogen and oxygen atoms in total. The van der Waals surface area contributed by atoms with Crippen molar-refractivity contribution in [2.24, 2.45) is 0 Å². The summed E-state index contributed by atoms with van der Waals surface area (Å²) in [5.74, 6) is 0.833. The fraction of sp³-hybridized carbons (Fsp3) is 0.375. The lowest BCUT2D eigenvalue weighted by Crippen LogP contribution is -2.50. The van der Waals surface area contributed by atoms with Crippen LogP contribution in [-0.4, -0.2) is 51.8 Å². The summed E-state index contributed by atoms with van der Waals surface area (Å²) in [6.45, 7) is 8.66. The number of hydrogen-bond acceptors (Lipinski definition) is 4. The van der Waals surface area contributed by atoms with Crippen molar-refractivity contribution >= 4 is 11.7 Å². The summed E-state index contributed by atoms with van der Waals surface area (Å²) in [4.78, 5) is 21.5. The monoisotopic (exact) mass is 421 g/mol. The van der Waals surface area contributed by atoms with Gasteiger partial charge < -0.3 is 9.80 Å². The summed E-state index contributed by atoms with van der Waals surface area (Å²) in [5, 5.41) is 4.69. The Bertz CT molecular complexity index is 1050. The number of pyridine rings is 1. The van der Waals surface area contributed by atoms with Crippen molar-refractivity contribution in [3.63, 3.8) is 0 Å². The van der Waals surface area contributed by atoms with E-state index in [-0.39, 0.29) is 18.3 Å². The molecule has 2 aromatic heterocycles. The van der Waals surface area contributed by atoms with E-state index < -0.39 is 0 Å². The molecular weight excluding hydrogens is 393 g/mol. The van der Waals surface area contributed by atoms with Crippen LogP contribution in [0.2, 0.25) is 0 Å². The minimum Gasteiger partial charge on any atom is -0.353 e. The predicted octanol–water partition coefficient (Wildman–Crippen LogP) is 3.61. The third-order valence-electron chi connectivity index (χ3n) is 5.85. The summed E-state index contributed by atoms with van der Waals surface area (Å²) in [6, 6.07) is 11.5. The molecule has 1 fully saturated rings. The average molecular weight is 422 g/mol. The molecule has 0 unspecified atom stereocenters. The third kappa shape index (κ3) is 4.45. The van der Waals surface area contributed by atoms with Gasteiger partial charge in [-0.1, -0.05) is 13.0 Å². The summed E-state index contributed by atoms with van der Waals surface area (Å²) in [7, 11) is 0. The van der Waals surface area contributed by atoms with E-state index in [2.05, 4.69) is 21.9 Å². The molecule has 3 heterocycles. The van der Waals surface area contributed by atoms with Gasteiger partial charge in [-0.2, -0.15) is 5.10 Å². The molecule has 162 valence electrons. The molecule has 1 aromatic carbocycles. The maximum Gasteiger partial charge on any atom is 0.244 e. The van der Waals surface area contributed by atoms with E-state index >= 15 is 0 Å². The molecule has 3 aromatic rings. The molecule has 31 heavy (non-hydrogen) atoms. The zero-order valence-corrected chi connectivity index (χ0v) is 18.3. The van der Waals surface area contributed by atoms with Crippen molar-refractivity contribution in [1.29, 1.82) is 0 Å². The van der Waals surface area contributed by atoms with Gasteiger partial charge in [0, 0.05) is 43.6 Å². The molecule has 0 saturated carbocycles. The van der Waals surface area contributed by atoms with E-state index in [9.17, 15) is 9.18 Å². The zero-order valence-electron chi connectivity index (χ0n) is 18.3. The van der Waals surface area contributed by atoms with E-state index in [1.54, 1.807) is 24.7 Å². The van der Waals surface area contributed by atoms with E-state index in [1.807, 2.05) is 41.3 Å². The Morgan fingerprint density at radius 1 is 1.06 bits per heavy atom. The van der Waals surface area contributed by atoms with Crippen LogP contribution in [-0.2, 0) is 17.8 Å². The van der Waals surface area contributed by atoms with Crippen molar-refractivity contribution in [3.8, 4) is 11.3 Å². The molecule has 1 aliphatic rings. The number of aromatic nitrogens is 3. The predicted molar refractivity (Wildman–Crippen MR) is 120 cm³/mol. The van der Waals surface area contributed by atoms with Gasteiger partial charge >= 0.3 is 0 Å². The van der Waals surface area contributed by atoms with E-state index in [0.29, 0.717) is 24.2 Å². The Morgan fingerprint density at radius 3 is 2.39 bits per heavy atom. The first kappa shape index (κ1) is 21.0. The Morgan fingerprint density at radius 2 is 1.77 bits per heavy atom. The lowest BCUT2D eigenvalue weighted by molar-refractivity contribution is -0.132. The van der Waals surface area contributed by atoms with Crippen LogP contribution in [0.1, 0.15) is 23.7 Å². The second-order valence-corrected chi connectivity index (χ2v) is 8.01. The lowest BCUT2D eigenvalue weighted by atomic mass is 10.0. The SMILES string of the molecule is CCc1cc(-c2cc(C)c(F)c(C)c2)nn1CC(=O)N1CCN(c2ccccn2)CC1. The summed E-state index contributed by atoms with van der Waals surface area (Å²) in [5.41, 5.74) is 3.85. The van der Waals surface area contributed by atoms with E-state index in [1.165, 1.54) is 0 Å². The lowest BCUT2D eigenvalue weighted by Gasteiger charge is -2.35. The van der Waals surface area contributed by atoms with Crippen LogP contribution < -0.4 is 4.90 Å². The maximum atomic E-state index is 14.0. The highest BCUT2D eigenvalue weighted by Gasteiger charge is 2.23. The van der Waals surface area contributed by atoms with Crippen LogP contribution in [0.3, 0.4) is 0 Å². The molecule has 0 N–H and O–H groups in total. The van der Waals surface area contributed by atoms with Gasteiger partial charge in [0.25, 0.3) is 0 Å². The number of hydrogen-bond donors (Lipinski definition) is 0. The summed E-state index contributed by atoms with van der Waals surface area (Å²) in [6.07, 6.45) is 2.56. The second kappa shape index (κ2) is 8.88. The van der Waals surface area contributed by atoms with Gasteiger partial charge in [0.05, 0.1) is 5.69 Å². The van der Waals surface area contributed by atoms with Crippen molar-refractivity contribution in [2.75, 3.05) is 31.1 Å². The van der Waals surface area contributed by atoms with Crippen molar-refractivity contribution in [1.82, 2.24) is 19.7 Å². The number of piperazine rings is 1. The van der Waals surface area contributed by atoms with Gasteiger partial charge in [-0.15, -0.1) is 0 Å². The Kier molecular flexibility index (Phi) is 6.02. The van der Waals surface area contributed by atoms with Crippen LogP contribution in [0.25, 0.3) is 11.3 Å². The van der Waals surface area contributed by atoms with Gasteiger partial charge in [-0.05, 0) is 61.7 Å². The Balaban J connectivity index is 1.45. The van der Waals surface area contributed by atoms with Gasteiger partial charge in [-0.3, -0.25) is 9.48 Å². The fourth-order valence-corrected chi connectivity index (χ4v) is 4.07. The van der Waals surface area contributed by atoms with Gasteiger partial charge in [0.1, 0.15) is 18.2 Å². The molecule has 0 spiro atoms. The molecule has 0 aliphatic carbocycles. The largest absolute Gasteiger partial charge is 0.353 e. The maximum absolute atomic E-state index is 14.0. The number of benzene rings is 1. The molecule has 1 aliphatic heterocycles. The molecule has 1 amide bonds. The van der Waals surface area contributed by atoms with E-state index in [4.69, 9.17) is 0 Å². The van der Waals surface area contributed by atoms with Gasteiger partial charge in [0.2, 0.25) is 5.91 Å². The average Bonchev–Trinajstić information content (AvgIpc) is 3.20. The first-order valence-corrected chi connectivity index (χ1v) is 10.7.